The maximum absolute atomic E-state index is 12.5. The number of pyridine rings is 1. The van der Waals surface area contributed by atoms with Crippen molar-refractivity contribution in [1.29, 1.82) is 0 Å². The Morgan fingerprint density at radius 3 is 2.57 bits per heavy atom. The number of rotatable bonds is 6. The molecule has 1 aromatic carbocycles. The number of carbonyl (C=O) groups is 1. The summed E-state index contributed by atoms with van der Waals surface area (Å²) in [5, 5.41) is 3.05. The quantitative estimate of drug-likeness (QED) is 0.690. The van der Waals surface area contributed by atoms with Crippen molar-refractivity contribution in [1.82, 2.24) is 20.1 Å². The van der Waals surface area contributed by atoms with Gasteiger partial charge in [-0.05, 0) is 74.1 Å². The van der Waals surface area contributed by atoms with Crippen molar-refractivity contribution in [3.05, 3.63) is 59.3 Å². The van der Waals surface area contributed by atoms with Crippen LogP contribution in [0.1, 0.15) is 66.2 Å². The molecule has 35 heavy (non-hydrogen) atoms. The molecule has 6 nitrogen and oxygen atoms in total. The number of aromatic nitrogens is 1. The van der Waals surface area contributed by atoms with Crippen molar-refractivity contribution in [3.8, 4) is 0 Å². The van der Waals surface area contributed by atoms with Crippen molar-refractivity contribution in [3.63, 3.8) is 0 Å². The Kier molecular flexibility index (Phi) is 6.75. The van der Waals surface area contributed by atoms with E-state index in [1.807, 2.05) is 12.1 Å². The number of carbonyl (C=O) groups excluding carboxylic acids is 1. The monoisotopic (exact) mass is 473 g/mol. The third kappa shape index (κ3) is 5.24. The summed E-state index contributed by atoms with van der Waals surface area (Å²) in [5.74, 6) is 1.59. The molecule has 2 aromatic rings. The number of nitrogens with zero attached hydrogens (tertiary/aromatic N) is 4. The van der Waals surface area contributed by atoms with Gasteiger partial charge in [-0.2, -0.15) is 0 Å². The maximum Gasteiger partial charge on any atom is 0.269 e. The van der Waals surface area contributed by atoms with Crippen molar-refractivity contribution >= 4 is 11.7 Å². The predicted octanol–water partition coefficient (Wildman–Crippen LogP) is 3.89. The number of nitrogens with one attached hydrogen (secondary N) is 1. The van der Waals surface area contributed by atoms with Crippen molar-refractivity contribution in [2.24, 2.45) is 5.92 Å². The van der Waals surface area contributed by atoms with Crippen LogP contribution in [-0.2, 0) is 6.42 Å². The van der Waals surface area contributed by atoms with Gasteiger partial charge in [0, 0.05) is 57.9 Å². The number of likely N-dealkylation sites (tertiary alicyclic amines) is 1. The van der Waals surface area contributed by atoms with Crippen LogP contribution in [0.15, 0.2) is 42.5 Å². The average molecular weight is 474 g/mol. The second-order valence-corrected chi connectivity index (χ2v) is 10.9. The molecule has 1 saturated carbocycles. The Morgan fingerprint density at radius 1 is 0.857 bits per heavy atom. The van der Waals surface area contributed by atoms with E-state index in [1.54, 1.807) is 11.1 Å². The highest BCUT2D eigenvalue weighted by Gasteiger charge is 2.33. The molecule has 1 N–H and O–H groups in total. The minimum absolute atomic E-state index is 0.0353. The molecule has 4 aliphatic rings. The van der Waals surface area contributed by atoms with Gasteiger partial charge in [0.2, 0.25) is 0 Å². The molecule has 2 aliphatic heterocycles. The molecule has 186 valence electrons. The smallest absolute Gasteiger partial charge is 0.269 e. The first-order valence-electron chi connectivity index (χ1n) is 13.8. The lowest BCUT2D eigenvalue weighted by Gasteiger charge is -2.40. The van der Waals surface area contributed by atoms with E-state index >= 15 is 0 Å². The Morgan fingerprint density at radius 2 is 1.71 bits per heavy atom. The number of benzene rings is 1. The number of amides is 1. The van der Waals surface area contributed by atoms with Gasteiger partial charge in [-0.3, -0.25) is 14.6 Å². The summed E-state index contributed by atoms with van der Waals surface area (Å²) in [6.07, 6.45) is 8.70. The van der Waals surface area contributed by atoms with Crippen LogP contribution in [0.5, 0.6) is 0 Å². The van der Waals surface area contributed by atoms with Crippen LogP contribution in [0, 0.1) is 5.92 Å². The largest absolute Gasteiger partial charge is 0.355 e. The lowest BCUT2D eigenvalue weighted by molar-refractivity contribution is 0.0869. The molecule has 1 aromatic heterocycles. The molecule has 6 heteroatoms. The minimum atomic E-state index is -0.0353. The van der Waals surface area contributed by atoms with Gasteiger partial charge in [0.25, 0.3) is 5.91 Å². The van der Waals surface area contributed by atoms with Crippen LogP contribution < -0.4 is 10.2 Å². The van der Waals surface area contributed by atoms with E-state index < -0.39 is 0 Å². The average Bonchev–Trinajstić information content (AvgIpc) is 3.69. The van der Waals surface area contributed by atoms with Crippen LogP contribution in [0.4, 0.5) is 5.82 Å². The summed E-state index contributed by atoms with van der Waals surface area (Å²) in [7, 11) is 0. The summed E-state index contributed by atoms with van der Waals surface area (Å²) < 4.78 is 0. The van der Waals surface area contributed by atoms with Gasteiger partial charge in [-0.15, -0.1) is 0 Å². The molecule has 6 rings (SSSR count). The highest BCUT2D eigenvalue weighted by Crippen LogP contribution is 2.37. The standard InChI is InChI=1S/C29H39N5O/c35-29(30-21-22-9-10-22)26-7-3-8-28(31-26)34-16-4-15-32(19-20-34)24-13-17-33(18-14-24)27-12-11-23-5-1-2-6-25(23)27/h1-3,5-8,22,24,27H,4,9-21H2,(H,30,35)/t27-/m1/s1. The highest BCUT2D eigenvalue weighted by atomic mass is 16.1. The summed E-state index contributed by atoms with van der Waals surface area (Å²) in [6, 6.07) is 16.3. The van der Waals surface area contributed by atoms with E-state index in [4.69, 9.17) is 4.98 Å². The van der Waals surface area contributed by atoms with E-state index in [2.05, 4.69) is 50.3 Å². The summed E-state index contributed by atoms with van der Waals surface area (Å²) in [5.41, 5.74) is 3.68. The molecule has 0 radical (unpaired) electrons. The van der Waals surface area contributed by atoms with Gasteiger partial charge < -0.3 is 10.2 Å². The van der Waals surface area contributed by atoms with Gasteiger partial charge >= 0.3 is 0 Å². The molecule has 3 heterocycles. The zero-order chi connectivity index (χ0) is 23.6. The SMILES string of the molecule is O=C(NCC1CC1)c1cccc(N2CCCN(C3CCN([C@@H]4CCc5ccccc54)CC3)CC2)n1. The Hall–Kier alpha value is -2.44. The number of aryl methyl sites for hydroxylation is 1. The molecule has 0 spiro atoms. The molecule has 3 fully saturated rings. The lowest BCUT2D eigenvalue weighted by Crippen LogP contribution is -2.46. The Bertz CT molecular complexity index is 1030. The van der Waals surface area contributed by atoms with Crippen LogP contribution >= 0.6 is 0 Å². The molecule has 1 amide bonds. The first-order valence-corrected chi connectivity index (χ1v) is 13.8. The molecule has 2 saturated heterocycles. The fourth-order valence-electron chi connectivity index (χ4n) is 6.38. The summed E-state index contributed by atoms with van der Waals surface area (Å²) >= 11 is 0. The van der Waals surface area contributed by atoms with E-state index in [0.29, 0.717) is 23.7 Å². The first kappa shape index (κ1) is 23.0. The highest BCUT2D eigenvalue weighted by molar-refractivity contribution is 5.92. The van der Waals surface area contributed by atoms with Crippen LogP contribution in [0.2, 0.25) is 0 Å². The zero-order valence-corrected chi connectivity index (χ0v) is 20.9. The van der Waals surface area contributed by atoms with Gasteiger partial charge in [0.1, 0.15) is 11.5 Å². The van der Waals surface area contributed by atoms with E-state index in [1.165, 1.54) is 51.6 Å². The lowest BCUT2D eigenvalue weighted by atomic mass is 9.99. The molecule has 0 unspecified atom stereocenters. The second-order valence-electron chi connectivity index (χ2n) is 10.9. The van der Waals surface area contributed by atoms with Gasteiger partial charge in [-0.1, -0.05) is 30.3 Å². The van der Waals surface area contributed by atoms with Crippen molar-refractivity contribution in [2.45, 2.75) is 57.0 Å². The van der Waals surface area contributed by atoms with Crippen molar-refractivity contribution in [2.75, 3.05) is 50.7 Å². The number of hydrogen-bond acceptors (Lipinski definition) is 5. The van der Waals surface area contributed by atoms with Crippen LogP contribution in [0.3, 0.4) is 0 Å². The van der Waals surface area contributed by atoms with Gasteiger partial charge in [0.15, 0.2) is 0 Å². The van der Waals surface area contributed by atoms with E-state index in [9.17, 15) is 4.79 Å². The molecule has 0 bridgehead atoms. The first-order chi connectivity index (χ1) is 17.2. The molecule has 2 aliphatic carbocycles. The molecule has 1 atom stereocenters. The van der Waals surface area contributed by atoms with Gasteiger partial charge in [-0.25, -0.2) is 4.98 Å². The third-order valence-corrected chi connectivity index (χ3v) is 8.63. The normalized spacial score (nSPS) is 24.2. The zero-order valence-electron chi connectivity index (χ0n) is 20.9. The number of piperidine rings is 1. The van der Waals surface area contributed by atoms with Gasteiger partial charge in [0.05, 0.1) is 0 Å². The fourth-order valence-corrected chi connectivity index (χ4v) is 6.38. The predicted molar refractivity (Wildman–Crippen MR) is 140 cm³/mol. The van der Waals surface area contributed by atoms with Crippen LogP contribution in [0.25, 0.3) is 0 Å². The number of hydrogen-bond donors (Lipinski definition) is 1. The minimum Gasteiger partial charge on any atom is -0.355 e. The third-order valence-electron chi connectivity index (χ3n) is 8.63. The number of fused-ring (bicyclic) bond motifs is 1. The molecular formula is C29H39N5O. The topological polar surface area (TPSA) is 51.7 Å². The Labute approximate surface area is 209 Å². The van der Waals surface area contributed by atoms with Crippen LogP contribution in [-0.4, -0.2) is 72.5 Å². The van der Waals surface area contributed by atoms with E-state index in [0.717, 1.165) is 45.0 Å². The second kappa shape index (κ2) is 10.3. The van der Waals surface area contributed by atoms with E-state index in [-0.39, 0.29) is 5.91 Å². The number of anilines is 1. The summed E-state index contributed by atoms with van der Waals surface area (Å²) in [4.78, 5) is 25.1. The molecular weight excluding hydrogens is 434 g/mol. The fraction of sp³-hybridized carbons (Fsp3) is 0.586. The maximum atomic E-state index is 12.5. The summed E-state index contributed by atoms with van der Waals surface area (Å²) in [6.45, 7) is 7.44. The van der Waals surface area contributed by atoms with Crippen molar-refractivity contribution < 1.29 is 4.79 Å². The Balaban J connectivity index is 1.02.